The fourth-order valence-electron chi connectivity index (χ4n) is 2.46. The summed E-state index contributed by atoms with van der Waals surface area (Å²) < 4.78 is 0. The van der Waals surface area contributed by atoms with E-state index in [2.05, 4.69) is 5.32 Å². The highest BCUT2D eigenvalue weighted by molar-refractivity contribution is 5.96. The summed E-state index contributed by atoms with van der Waals surface area (Å²) in [6.45, 7) is 6.30. The van der Waals surface area contributed by atoms with Gasteiger partial charge in [-0.2, -0.15) is 0 Å². The lowest BCUT2D eigenvalue weighted by Crippen LogP contribution is -2.63. The van der Waals surface area contributed by atoms with E-state index >= 15 is 0 Å². The van der Waals surface area contributed by atoms with Gasteiger partial charge in [-0.15, -0.1) is 0 Å². The quantitative estimate of drug-likeness (QED) is 0.912. The van der Waals surface area contributed by atoms with Gasteiger partial charge in [0.25, 0.3) is 0 Å². The van der Waals surface area contributed by atoms with Crippen LogP contribution in [-0.4, -0.2) is 28.8 Å². The summed E-state index contributed by atoms with van der Waals surface area (Å²) in [5.74, 6) is 0.110. The number of carbonyl (C=O) groups is 2. The Morgan fingerprint density at radius 3 is 2.50 bits per heavy atom. The second-order valence-corrected chi connectivity index (χ2v) is 5.50. The van der Waals surface area contributed by atoms with Crippen LogP contribution in [0, 0.1) is 5.92 Å². The van der Waals surface area contributed by atoms with E-state index in [1.807, 2.05) is 44.2 Å². The van der Waals surface area contributed by atoms with E-state index in [0.717, 1.165) is 12.0 Å². The maximum Gasteiger partial charge on any atom is 0.246 e. The first kappa shape index (κ1) is 14.6. The molecule has 0 aromatic heterocycles. The van der Waals surface area contributed by atoms with Gasteiger partial charge in [-0.3, -0.25) is 9.59 Å². The van der Waals surface area contributed by atoms with E-state index in [4.69, 9.17) is 0 Å². The van der Waals surface area contributed by atoms with E-state index in [0.29, 0.717) is 6.54 Å². The molecule has 4 nitrogen and oxygen atoms in total. The Balaban J connectivity index is 2.20. The van der Waals surface area contributed by atoms with Gasteiger partial charge in [-0.25, -0.2) is 0 Å². The molecule has 0 bridgehead atoms. The van der Waals surface area contributed by atoms with E-state index in [9.17, 15) is 9.59 Å². The third kappa shape index (κ3) is 2.84. The summed E-state index contributed by atoms with van der Waals surface area (Å²) in [5, 5.41) is 2.85. The standard InChI is InChI=1S/C16H22N2O2/c1-4-11(2)14-16(20)18(12(3)15(19)17-14)10-13-8-6-5-7-9-13/h5-9,11-12,14H,4,10H2,1-3H3,(H,17,19). The molecule has 0 radical (unpaired) electrons. The summed E-state index contributed by atoms with van der Waals surface area (Å²) in [4.78, 5) is 26.3. The van der Waals surface area contributed by atoms with Crippen LogP contribution < -0.4 is 5.32 Å². The van der Waals surface area contributed by atoms with Crippen LogP contribution in [-0.2, 0) is 16.1 Å². The molecule has 1 heterocycles. The number of nitrogens with one attached hydrogen (secondary N) is 1. The largest absolute Gasteiger partial charge is 0.342 e. The van der Waals surface area contributed by atoms with Gasteiger partial charge in [-0.05, 0) is 18.4 Å². The van der Waals surface area contributed by atoms with Gasteiger partial charge >= 0.3 is 0 Å². The molecule has 1 saturated heterocycles. The third-order valence-corrected chi connectivity index (χ3v) is 4.10. The molecule has 2 amide bonds. The number of hydrogen-bond acceptors (Lipinski definition) is 2. The molecule has 1 aromatic carbocycles. The molecular formula is C16H22N2O2. The monoisotopic (exact) mass is 274 g/mol. The fraction of sp³-hybridized carbons (Fsp3) is 0.500. The second-order valence-electron chi connectivity index (χ2n) is 5.50. The lowest BCUT2D eigenvalue weighted by atomic mass is 9.94. The van der Waals surface area contributed by atoms with E-state index in [1.165, 1.54) is 0 Å². The summed E-state index contributed by atoms with van der Waals surface area (Å²) in [6, 6.07) is 8.98. The number of piperazine rings is 1. The Hall–Kier alpha value is -1.84. The molecule has 1 fully saturated rings. The average molecular weight is 274 g/mol. The van der Waals surface area contributed by atoms with Crippen molar-refractivity contribution in [2.75, 3.05) is 0 Å². The zero-order chi connectivity index (χ0) is 14.7. The molecule has 108 valence electrons. The first-order valence-electron chi connectivity index (χ1n) is 7.19. The Morgan fingerprint density at radius 2 is 1.90 bits per heavy atom. The predicted octanol–water partition coefficient (Wildman–Crippen LogP) is 1.95. The molecule has 0 spiro atoms. The number of nitrogens with zero attached hydrogens (tertiary/aromatic N) is 1. The van der Waals surface area contributed by atoms with Crippen molar-refractivity contribution in [3.63, 3.8) is 0 Å². The van der Waals surface area contributed by atoms with Crippen molar-refractivity contribution in [3.8, 4) is 0 Å². The van der Waals surface area contributed by atoms with Gasteiger partial charge < -0.3 is 10.2 Å². The average Bonchev–Trinajstić information content (AvgIpc) is 2.47. The van der Waals surface area contributed by atoms with Crippen molar-refractivity contribution in [3.05, 3.63) is 35.9 Å². The highest BCUT2D eigenvalue weighted by atomic mass is 16.2. The van der Waals surface area contributed by atoms with Crippen LogP contribution in [0.4, 0.5) is 0 Å². The minimum absolute atomic E-state index is 0.0234. The van der Waals surface area contributed by atoms with Crippen molar-refractivity contribution in [1.82, 2.24) is 10.2 Å². The molecule has 3 atom stereocenters. The fourth-order valence-corrected chi connectivity index (χ4v) is 2.46. The second kappa shape index (κ2) is 6.07. The van der Waals surface area contributed by atoms with Crippen LogP contribution in [0.1, 0.15) is 32.8 Å². The lowest BCUT2D eigenvalue weighted by Gasteiger charge is -2.39. The number of rotatable bonds is 4. The summed E-state index contributed by atoms with van der Waals surface area (Å²) in [5.41, 5.74) is 1.05. The molecule has 2 rings (SSSR count). The Morgan fingerprint density at radius 1 is 1.25 bits per heavy atom. The number of benzene rings is 1. The zero-order valence-electron chi connectivity index (χ0n) is 12.3. The van der Waals surface area contributed by atoms with E-state index in [-0.39, 0.29) is 17.7 Å². The SMILES string of the molecule is CCC(C)C1NC(=O)C(C)N(Cc2ccccc2)C1=O. The summed E-state index contributed by atoms with van der Waals surface area (Å²) >= 11 is 0. The Kier molecular flexibility index (Phi) is 4.42. The van der Waals surface area contributed by atoms with Crippen LogP contribution >= 0.6 is 0 Å². The number of amides is 2. The van der Waals surface area contributed by atoms with E-state index in [1.54, 1.807) is 11.8 Å². The first-order chi connectivity index (χ1) is 9.54. The lowest BCUT2D eigenvalue weighted by molar-refractivity contribution is -0.150. The van der Waals surface area contributed by atoms with Crippen molar-refractivity contribution in [1.29, 1.82) is 0 Å². The van der Waals surface area contributed by atoms with Crippen LogP contribution in [0.15, 0.2) is 30.3 Å². The zero-order valence-corrected chi connectivity index (χ0v) is 12.3. The smallest absolute Gasteiger partial charge is 0.246 e. The maximum absolute atomic E-state index is 12.6. The van der Waals surface area contributed by atoms with Crippen molar-refractivity contribution >= 4 is 11.8 Å². The highest BCUT2D eigenvalue weighted by Gasteiger charge is 2.39. The molecule has 0 aliphatic carbocycles. The molecule has 0 saturated carbocycles. The minimum atomic E-state index is -0.414. The molecular weight excluding hydrogens is 252 g/mol. The minimum Gasteiger partial charge on any atom is -0.342 e. The molecule has 1 N–H and O–H groups in total. The van der Waals surface area contributed by atoms with Gasteiger partial charge in [0.15, 0.2) is 0 Å². The number of hydrogen-bond donors (Lipinski definition) is 1. The first-order valence-corrected chi connectivity index (χ1v) is 7.19. The van der Waals surface area contributed by atoms with Crippen LogP contribution in [0.3, 0.4) is 0 Å². The Bertz CT molecular complexity index is 487. The third-order valence-electron chi connectivity index (χ3n) is 4.10. The van der Waals surface area contributed by atoms with Crippen molar-refractivity contribution in [2.24, 2.45) is 5.92 Å². The van der Waals surface area contributed by atoms with E-state index < -0.39 is 12.1 Å². The summed E-state index contributed by atoms with van der Waals surface area (Å²) in [7, 11) is 0. The van der Waals surface area contributed by atoms with Gasteiger partial charge in [0.05, 0.1) is 0 Å². The topological polar surface area (TPSA) is 49.4 Å². The maximum atomic E-state index is 12.6. The van der Waals surface area contributed by atoms with Crippen LogP contribution in [0.25, 0.3) is 0 Å². The molecule has 4 heteroatoms. The van der Waals surface area contributed by atoms with Gasteiger partial charge in [-0.1, -0.05) is 50.6 Å². The molecule has 20 heavy (non-hydrogen) atoms. The van der Waals surface area contributed by atoms with Crippen LogP contribution in [0.2, 0.25) is 0 Å². The van der Waals surface area contributed by atoms with Crippen molar-refractivity contribution in [2.45, 2.75) is 45.8 Å². The predicted molar refractivity (Wildman–Crippen MR) is 77.8 cm³/mol. The van der Waals surface area contributed by atoms with Gasteiger partial charge in [0.1, 0.15) is 12.1 Å². The summed E-state index contributed by atoms with van der Waals surface area (Å²) in [6.07, 6.45) is 0.865. The molecule has 1 aromatic rings. The van der Waals surface area contributed by atoms with Gasteiger partial charge in [0.2, 0.25) is 11.8 Å². The van der Waals surface area contributed by atoms with Gasteiger partial charge in [0, 0.05) is 6.54 Å². The molecule has 3 unspecified atom stereocenters. The molecule has 1 aliphatic rings. The highest BCUT2D eigenvalue weighted by Crippen LogP contribution is 2.19. The Labute approximate surface area is 120 Å². The number of carbonyl (C=O) groups excluding carboxylic acids is 2. The normalized spacial score (nSPS) is 24.4. The van der Waals surface area contributed by atoms with Crippen LogP contribution in [0.5, 0.6) is 0 Å². The molecule has 1 aliphatic heterocycles. The van der Waals surface area contributed by atoms with Crippen molar-refractivity contribution < 1.29 is 9.59 Å².